The van der Waals surface area contributed by atoms with Crippen molar-refractivity contribution in [2.75, 3.05) is 39.4 Å². The van der Waals surface area contributed by atoms with Crippen molar-refractivity contribution < 1.29 is 33.3 Å². The van der Waals surface area contributed by atoms with Crippen LogP contribution in [0.15, 0.2) is 66.7 Å². The maximum absolute atomic E-state index is 12.3. The van der Waals surface area contributed by atoms with Crippen LogP contribution < -0.4 is 24.3 Å². The van der Waals surface area contributed by atoms with Crippen molar-refractivity contribution >= 4 is 29.2 Å². The number of methoxy groups -OCH3 is 2. The SMILES string of the molecule is COc1ccccc1NC(=O)COc1ccc(C(=O)OCCOc2ccc(Cl)cc2)cc1OC. The number of carbonyl (C=O) groups excluding carboxylic acids is 2. The fourth-order valence-corrected chi connectivity index (χ4v) is 3.03. The summed E-state index contributed by atoms with van der Waals surface area (Å²) >= 11 is 5.83. The molecule has 9 heteroatoms. The van der Waals surface area contributed by atoms with Crippen LogP contribution in [0.25, 0.3) is 0 Å². The van der Waals surface area contributed by atoms with E-state index in [1.54, 1.807) is 48.5 Å². The first-order valence-corrected chi connectivity index (χ1v) is 10.7. The summed E-state index contributed by atoms with van der Waals surface area (Å²) in [5.41, 5.74) is 0.804. The van der Waals surface area contributed by atoms with Gasteiger partial charge in [0.25, 0.3) is 5.91 Å². The lowest BCUT2D eigenvalue weighted by atomic mass is 10.2. The molecule has 0 aliphatic rings. The van der Waals surface area contributed by atoms with E-state index in [2.05, 4.69) is 5.32 Å². The van der Waals surface area contributed by atoms with Crippen LogP contribution in [0.2, 0.25) is 5.02 Å². The maximum atomic E-state index is 12.3. The van der Waals surface area contributed by atoms with Gasteiger partial charge in [0.05, 0.1) is 25.5 Å². The van der Waals surface area contributed by atoms with Crippen LogP contribution in [-0.4, -0.2) is 45.9 Å². The highest BCUT2D eigenvalue weighted by Crippen LogP contribution is 2.29. The Labute approximate surface area is 202 Å². The van der Waals surface area contributed by atoms with Crippen LogP contribution in [0.3, 0.4) is 0 Å². The first-order chi connectivity index (χ1) is 16.5. The topological polar surface area (TPSA) is 92.3 Å². The van der Waals surface area contributed by atoms with Crippen molar-refractivity contribution in [3.05, 3.63) is 77.3 Å². The summed E-state index contributed by atoms with van der Waals surface area (Å²) in [5.74, 6) is 0.833. The van der Waals surface area contributed by atoms with E-state index >= 15 is 0 Å². The van der Waals surface area contributed by atoms with E-state index in [0.29, 0.717) is 28.0 Å². The second-order valence-electron chi connectivity index (χ2n) is 6.84. The van der Waals surface area contributed by atoms with Crippen LogP contribution >= 0.6 is 11.6 Å². The Balaban J connectivity index is 1.50. The molecule has 0 spiro atoms. The van der Waals surface area contributed by atoms with Crippen LogP contribution in [0.5, 0.6) is 23.0 Å². The number of rotatable bonds is 11. The molecule has 8 nitrogen and oxygen atoms in total. The minimum Gasteiger partial charge on any atom is -0.495 e. The second-order valence-corrected chi connectivity index (χ2v) is 7.28. The quantitative estimate of drug-likeness (QED) is 0.313. The van der Waals surface area contributed by atoms with Gasteiger partial charge in [0.2, 0.25) is 0 Å². The Morgan fingerprint density at radius 3 is 2.29 bits per heavy atom. The molecule has 0 radical (unpaired) electrons. The molecule has 0 atom stereocenters. The molecule has 0 fully saturated rings. The number of hydrogen-bond donors (Lipinski definition) is 1. The number of nitrogens with one attached hydrogen (secondary N) is 1. The highest BCUT2D eigenvalue weighted by atomic mass is 35.5. The molecule has 3 aromatic carbocycles. The number of benzene rings is 3. The number of anilines is 1. The van der Waals surface area contributed by atoms with Crippen LogP contribution in [0.1, 0.15) is 10.4 Å². The van der Waals surface area contributed by atoms with Crippen LogP contribution in [0.4, 0.5) is 5.69 Å². The molecule has 0 heterocycles. The smallest absolute Gasteiger partial charge is 0.338 e. The Kier molecular flexibility index (Phi) is 8.99. The highest BCUT2D eigenvalue weighted by Gasteiger charge is 2.14. The number of carbonyl (C=O) groups is 2. The van der Waals surface area contributed by atoms with Crippen molar-refractivity contribution in [3.63, 3.8) is 0 Å². The molecule has 0 aliphatic carbocycles. The zero-order valence-corrected chi connectivity index (χ0v) is 19.5. The minimum absolute atomic E-state index is 0.0607. The van der Waals surface area contributed by atoms with Gasteiger partial charge < -0.3 is 29.0 Å². The third-order valence-electron chi connectivity index (χ3n) is 4.54. The fraction of sp³-hybridized carbons (Fsp3) is 0.200. The molecular weight excluding hydrogens is 462 g/mol. The third-order valence-corrected chi connectivity index (χ3v) is 4.79. The van der Waals surface area contributed by atoms with Crippen LogP contribution in [-0.2, 0) is 9.53 Å². The van der Waals surface area contributed by atoms with Gasteiger partial charge in [-0.1, -0.05) is 23.7 Å². The molecule has 0 saturated carbocycles. The van der Waals surface area contributed by atoms with Crippen molar-refractivity contribution in [1.29, 1.82) is 0 Å². The predicted molar refractivity (Wildman–Crippen MR) is 127 cm³/mol. The van der Waals surface area contributed by atoms with E-state index < -0.39 is 5.97 Å². The molecular formula is C25H24ClNO7. The molecule has 0 aromatic heterocycles. The Hall–Kier alpha value is -3.91. The summed E-state index contributed by atoms with van der Waals surface area (Å²) in [6, 6.07) is 18.5. The summed E-state index contributed by atoms with van der Waals surface area (Å²) in [6.45, 7) is -0.0155. The van der Waals surface area contributed by atoms with Gasteiger partial charge in [-0.05, 0) is 54.6 Å². The number of ether oxygens (including phenoxy) is 5. The third kappa shape index (κ3) is 7.05. The van der Waals surface area contributed by atoms with Gasteiger partial charge >= 0.3 is 5.97 Å². The number of halogens is 1. The number of para-hydroxylation sites is 2. The average Bonchev–Trinajstić information content (AvgIpc) is 2.86. The van der Waals surface area contributed by atoms with Crippen molar-refractivity contribution in [2.24, 2.45) is 0 Å². The lowest BCUT2D eigenvalue weighted by Crippen LogP contribution is -2.20. The Morgan fingerprint density at radius 1 is 0.824 bits per heavy atom. The molecule has 0 bridgehead atoms. The lowest BCUT2D eigenvalue weighted by Gasteiger charge is -2.13. The zero-order valence-electron chi connectivity index (χ0n) is 18.7. The van der Waals surface area contributed by atoms with Gasteiger partial charge in [0.15, 0.2) is 18.1 Å². The summed E-state index contributed by atoms with van der Waals surface area (Å²) < 4.78 is 26.8. The van der Waals surface area contributed by atoms with E-state index in [-0.39, 0.29) is 37.0 Å². The first-order valence-electron chi connectivity index (χ1n) is 10.3. The maximum Gasteiger partial charge on any atom is 0.338 e. The lowest BCUT2D eigenvalue weighted by molar-refractivity contribution is -0.118. The number of hydrogen-bond acceptors (Lipinski definition) is 7. The molecule has 34 heavy (non-hydrogen) atoms. The molecule has 1 N–H and O–H groups in total. The summed E-state index contributed by atoms with van der Waals surface area (Å²) in [5, 5.41) is 3.33. The second kappa shape index (κ2) is 12.4. The normalized spacial score (nSPS) is 10.2. The van der Waals surface area contributed by atoms with Gasteiger partial charge in [0, 0.05) is 5.02 Å². The molecule has 3 rings (SSSR count). The molecule has 178 valence electrons. The molecule has 0 unspecified atom stereocenters. The summed E-state index contributed by atoms with van der Waals surface area (Å²) in [7, 11) is 2.96. The van der Waals surface area contributed by atoms with Gasteiger partial charge in [0.1, 0.15) is 24.7 Å². The molecule has 0 saturated heterocycles. The fourth-order valence-electron chi connectivity index (χ4n) is 2.90. The minimum atomic E-state index is -0.543. The first kappa shape index (κ1) is 24.7. The largest absolute Gasteiger partial charge is 0.495 e. The summed E-state index contributed by atoms with van der Waals surface area (Å²) in [4.78, 5) is 24.6. The monoisotopic (exact) mass is 485 g/mol. The van der Waals surface area contributed by atoms with Gasteiger partial charge in [-0.15, -0.1) is 0 Å². The van der Waals surface area contributed by atoms with E-state index in [1.807, 2.05) is 0 Å². The van der Waals surface area contributed by atoms with Crippen molar-refractivity contribution in [2.45, 2.75) is 0 Å². The van der Waals surface area contributed by atoms with Crippen molar-refractivity contribution in [1.82, 2.24) is 0 Å². The van der Waals surface area contributed by atoms with E-state index in [0.717, 1.165) is 0 Å². The number of amides is 1. The molecule has 3 aromatic rings. The van der Waals surface area contributed by atoms with Crippen LogP contribution in [0, 0.1) is 0 Å². The van der Waals surface area contributed by atoms with Gasteiger partial charge in [-0.25, -0.2) is 4.79 Å². The molecule has 1 amide bonds. The Morgan fingerprint density at radius 2 is 1.56 bits per heavy atom. The summed E-state index contributed by atoms with van der Waals surface area (Å²) in [6.07, 6.45) is 0. The predicted octanol–water partition coefficient (Wildman–Crippen LogP) is 4.61. The standard InChI is InChI=1S/C25H24ClNO7/c1-30-21-6-4-3-5-20(21)27-24(28)16-34-22-12-7-17(15-23(22)31-2)25(29)33-14-13-32-19-10-8-18(26)9-11-19/h3-12,15H,13-14,16H2,1-2H3,(H,27,28). The highest BCUT2D eigenvalue weighted by molar-refractivity contribution is 6.30. The van der Waals surface area contributed by atoms with Crippen molar-refractivity contribution in [3.8, 4) is 23.0 Å². The van der Waals surface area contributed by atoms with Gasteiger partial charge in [-0.3, -0.25) is 4.79 Å². The van der Waals surface area contributed by atoms with E-state index in [9.17, 15) is 9.59 Å². The molecule has 0 aliphatic heterocycles. The van der Waals surface area contributed by atoms with E-state index in [1.165, 1.54) is 32.4 Å². The van der Waals surface area contributed by atoms with E-state index in [4.69, 9.17) is 35.3 Å². The van der Waals surface area contributed by atoms with Gasteiger partial charge in [-0.2, -0.15) is 0 Å². The number of esters is 1. The Bertz CT molecular complexity index is 1120. The zero-order chi connectivity index (χ0) is 24.3. The average molecular weight is 486 g/mol.